The maximum Gasteiger partial charge on any atom is 0.264 e. The molecule has 0 aromatic heterocycles. The number of halogens is 1. The molecule has 0 saturated heterocycles. The third kappa shape index (κ3) is 7.70. The molecule has 0 fully saturated rings. The van der Waals surface area contributed by atoms with Crippen molar-refractivity contribution in [3.8, 4) is 0 Å². The largest absolute Gasteiger partial charge is 0.354 e. The molecule has 208 valence electrons. The van der Waals surface area contributed by atoms with Crippen molar-refractivity contribution in [2.24, 2.45) is 5.92 Å². The SMILES string of the molecule is Cc1cccc(N(CC(=O)N(Cc2cccc(Br)c2)C(C)C(=O)NCC(C)C)S(=O)(=O)c2ccccc2)c1C. The second-order valence-electron chi connectivity index (χ2n) is 10.0. The first-order valence-corrected chi connectivity index (χ1v) is 15.1. The molecule has 0 aliphatic heterocycles. The zero-order valence-electron chi connectivity index (χ0n) is 23.0. The van der Waals surface area contributed by atoms with Gasteiger partial charge < -0.3 is 10.2 Å². The Balaban J connectivity index is 2.04. The predicted octanol–water partition coefficient (Wildman–Crippen LogP) is 5.45. The van der Waals surface area contributed by atoms with E-state index in [-0.39, 0.29) is 23.3 Å². The van der Waals surface area contributed by atoms with Crippen LogP contribution < -0.4 is 9.62 Å². The van der Waals surface area contributed by atoms with Gasteiger partial charge in [0.2, 0.25) is 11.8 Å². The van der Waals surface area contributed by atoms with Gasteiger partial charge in [0.1, 0.15) is 12.6 Å². The summed E-state index contributed by atoms with van der Waals surface area (Å²) >= 11 is 3.46. The van der Waals surface area contributed by atoms with Gasteiger partial charge in [-0.25, -0.2) is 8.42 Å². The van der Waals surface area contributed by atoms with E-state index in [1.165, 1.54) is 17.0 Å². The van der Waals surface area contributed by atoms with Gasteiger partial charge in [-0.05, 0) is 73.7 Å². The zero-order valence-corrected chi connectivity index (χ0v) is 25.4. The molecule has 0 aliphatic carbocycles. The summed E-state index contributed by atoms with van der Waals surface area (Å²) in [6, 6.07) is 20.1. The van der Waals surface area contributed by atoms with E-state index in [9.17, 15) is 18.0 Å². The normalized spacial score (nSPS) is 12.2. The average Bonchev–Trinajstić information content (AvgIpc) is 2.90. The highest BCUT2D eigenvalue weighted by Gasteiger charge is 2.33. The molecule has 0 bridgehead atoms. The fourth-order valence-corrected chi connectivity index (χ4v) is 6.05. The van der Waals surface area contributed by atoms with Crippen molar-refractivity contribution in [1.29, 1.82) is 0 Å². The van der Waals surface area contributed by atoms with Gasteiger partial charge in [-0.3, -0.25) is 13.9 Å². The molecular formula is C30H36BrN3O4S. The molecule has 3 aromatic carbocycles. The van der Waals surface area contributed by atoms with E-state index in [4.69, 9.17) is 0 Å². The van der Waals surface area contributed by atoms with Crippen molar-refractivity contribution in [3.63, 3.8) is 0 Å². The molecule has 1 unspecified atom stereocenters. The smallest absolute Gasteiger partial charge is 0.264 e. The summed E-state index contributed by atoms with van der Waals surface area (Å²) in [5.74, 6) is -0.537. The third-order valence-corrected chi connectivity index (χ3v) is 8.82. The Kier molecular flexibility index (Phi) is 10.3. The van der Waals surface area contributed by atoms with Gasteiger partial charge in [-0.1, -0.05) is 72.2 Å². The second kappa shape index (κ2) is 13.3. The van der Waals surface area contributed by atoms with Crippen LogP contribution in [0.4, 0.5) is 5.69 Å². The van der Waals surface area contributed by atoms with Gasteiger partial charge in [-0.15, -0.1) is 0 Å². The van der Waals surface area contributed by atoms with Crippen LogP contribution in [0.25, 0.3) is 0 Å². The molecular weight excluding hydrogens is 578 g/mol. The number of amides is 2. The number of hydrogen-bond acceptors (Lipinski definition) is 4. The van der Waals surface area contributed by atoms with Gasteiger partial charge >= 0.3 is 0 Å². The number of anilines is 1. The van der Waals surface area contributed by atoms with Crippen molar-refractivity contribution in [2.75, 3.05) is 17.4 Å². The Labute approximate surface area is 240 Å². The highest BCUT2D eigenvalue weighted by molar-refractivity contribution is 9.10. The number of rotatable bonds is 11. The quantitative estimate of drug-likeness (QED) is 0.311. The van der Waals surface area contributed by atoms with Crippen LogP contribution in [0.15, 0.2) is 82.2 Å². The van der Waals surface area contributed by atoms with E-state index in [1.807, 2.05) is 58.0 Å². The second-order valence-corrected chi connectivity index (χ2v) is 12.8. The Bertz CT molecular complexity index is 1410. The summed E-state index contributed by atoms with van der Waals surface area (Å²) in [6.45, 7) is 9.53. The van der Waals surface area contributed by atoms with Crippen molar-refractivity contribution in [3.05, 3.63) is 94.0 Å². The van der Waals surface area contributed by atoms with Crippen LogP contribution >= 0.6 is 15.9 Å². The number of carbonyl (C=O) groups is 2. The fourth-order valence-electron chi connectivity index (χ4n) is 4.11. The lowest BCUT2D eigenvalue weighted by Crippen LogP contribution is -2.51. The molecule has 39 heavy (non-hydrogen) atoms. The molecule has 3 aromatic rings. The molecule has 9 heteroatoms. The van der Waals surface area contributed by atoms with Crippen LogP contribution in [0, 0.1) is 19.8 Å². The summed E-state index contributed by atoms with van der Waals surface area (Å²) in [7, 11) is -4.09. The molecule has 0 spiro atoms. The minimum absolute atomic E-state index is 0.0833. The molecule has 0 aliphatic rings. The predicted molar refractivity (Wildman–Crippen MR) is 159 cm³/mol. The van der Waals surface area contributed by atoms with E-state index < -0.39 is 28.5 Å². The van der Waals surface area contributed by atoms with Crippen LogP contribution in [0.2, 0.25) is 0 Å². The van der Waals surface area contributed by atoms with E-state index in [0.717, 1.165) is 25.5 Å². The van der Waals surface area contributed by atoms with E-state index in [1.54, 1.807) is 37.3 Å². The first-order valence-electron chi connectivity index (χ1n) is 12.9. The lowest BCUT2D eigenvalue weighted by Gasteiger charge is -2.32. The Morgan fingerprint density at radius 2 is 1.59 bits per heavy atom. The number of sulfonamides is 1. The number of nitrogens with zero attached hydrogens (tertiary/aromatic N) is 2. The summed E-state index contributed by atoms with van der Waals surface area (Å²) in [4.78, 5) is 28.6. The lowest BCUT2D eigenvalue weighted by molar-refractivity contribution is -0.139. The number of aryl methyl sites for hydroxylation is 1. The number of nitrogens with one attached hydrogen (secondary N) is 1. The van der Waals surface area contributed by atoms with Crippen molar-refractivity contribution >= 4 is 43.5 Å². The zero-order chi connectivity index (χ0) is 28.7. The van der Waals surface area contributed by atoms with Gasteiger partial charge in [0.25, 0.3) is 10.0 Å². The third-order valence-electron chi connectivity index (χ3n) is 6.55. The van der Waals surface area contributed by atoms with Crippen LogP contribution in [0.3, 0.4) is 0 Å². The summed E-state index contributed by atoms with van der Waals surface area (Å²) in [6.07, 6.45) is 0. The highest BCUT2D eigenvalue weighted by atomic mass is 79.9. The number of carbonyl (C=O) groups excluding carboxylic acids is 2. The van der Waals surface area contributed by atoms with Gasteiger partial charge in [0, 0.05) is 17.6 Å². The molecule has 0 saturated carbocycles. The van der Waals surface area contributed by atoms with Crippen molar-refractivity contribution < 1.29 is 18.0 Å². The molecule has 1 atom stereocenters. The number of benzene rings is 3. The van der Waals surface area contributed by atoms with Gasteiger partial charge in [0.15, 0.2) is 0 Å². The summed E-state index contributed by atoms with van der Waals surface area (Å²) in [5, 5.41) is 2.90. The lowest BCUT2D eigenvalue weighted by atomic mass is 10.1. The van der Waals surface area contributed by atoms with Gasteiger partial charge in [0.05, 0.1) is 10.6 Å². The monoisotopic (exact) mass is 613 g/mol. The number of hydrogen-bond donors (Lipinski definition) is 1. The standard InChI is InChI=1S/C30H36BrN3O4S/c1-21(2)18-32-30(36)24(5)33(19-25-12-10-13-26(31)17-25)29(35)20-34(28-16-9-11-22(3)23(28)4)39(37,38)27-14-7-6-8-15-27/h6-17,21,24H,18-20H2,1-5H3,(H,32,36). The summed E-state index contributed by atoms with van der Waals surface area (Å²) < 4.78 is 29.8. The molecule has 2 amide bonds. The van der Waals surface area contributed by atoms with E-state index in [2.05, 4.69) is 21.2 Å². The van der Waals surface area contributed by atoms with Gasteiger partial charge in [-0.2, -0.15) is 0 Å². The first-order chi connectivity index (χ1) is 18.4. The minimum Gasteiger partial charge on any atom is -0.354 e. The van der Waals surface area contributed by atoms with E-state index >= 15 is 0 Å². The Hall–Kier alpha value is -3.17. The maximum absolute atomic E-state index is 14.0. The molecule has 0 heterocycles. The fraction of sp³-hybridized carbons (Fsp3) is 0.333. The van der Waals surface area contributed by atoms with E-state index in [0.29, 0.717) is 12.2 Å². The average molecular weight is 615 g/mol. The maximum atomic E-state index is 14.0. The molecule has 3 rings (SSSR count). The van der Waals surface area contributed by atoms with Crippen LogP contribution in [0.5, 0.6) is 0 Å². The molecule has 0 radical (unpaired) electrons. The van der Waals surface area contributed by atoms with Crippen LogP contribution in [-0.4, -0.2) is 44.3 Å². The van der Waals surface area contributed by atoms with Crippen LogP contribution in [-0.2, 0) is 26.2 Å². The van der Waals surface area contributed by atoms with Crippen molar-refractivity contribution in [1.82, 2.24) is 10.2 Å². The molecule has 1 N–H and O–H groups in total. The summed E-state index contributed by atoms with van der Waals surface area (Å²) in [5.41, 5.74) is 2.89. The Morgan fingerprint density at radius 1 is 0.923 bits per heavy atom. The van der Waals surface area contributed by atoms with Crippen LogP contribution in [0.1, 0.15) is 37.5 Å². The molecule has 7 nitrogen and oxygen atoms in total. The Morgan fingerprint density at radius 3 is 2.23 bits per heavy atom. The van der Waals surface area contributed by atoms with Crippen molar-refractivity contribution in [2.45, 2.75) is 52.1 Å². The minimum atomic E-state index is -4.09. The first kappa shape index (κ1) is 30.4. The topological polar surface area (TPSA) is 86.8 Å². The highest BCUT2D eigenvalue weighted by Crippen LogP contribution is 2.29.